The lowest BCUT2D eigenvalue weighted by molar-refractivity contribution is -0.249. The second-order valence-corrected chi connectivity index (χ2v) is 25.5. The number of hydrogen-bond donors (Lipinski definition) is 3. The van der Waals surface area contributed by atoms with Crippen molar-refractivity contribution in [3.63, 3.8) is 0 Å². The summed E-state index contributed by atoms with van der Waals surface area (Å²) in [6, 6.07) is 0.00217. The van der Waals surface area contributed by atoms with Crippen molar-refractivity contribution in [3.8, 4) is 0 Å². The van der Waals surface area contributed by atoms with E-state index in [4.69, 9.17) is 4.74 Å². The fraction of sp³-hybridized carbons (Fsp3) is 0.957. The number of ether oxygens (including phenoxy) is 1. The van der Waals surface area contributed by atoms with Crippen LogP contribution in [0.4, 0.5) is 0 Å². The number of esters is 1. The maximum Gasteiger partial charge on any atom is 0.309 e. The van der Waals surface area contributed by atoms with Crippen LogP contribution in [0.1, 0.15) is 145 Å². The highest BCUT2D eigenvalue weighted by Crippen LogP contribution is 2.78. The average molecular weight is 801 g/mol. The molecule has 7 aliphatic carbocycles. The van der Waals surface area contributed by atoms with E-state index in [0.29, 0.717) is 48.6 Å². The zero-order valence-electron chi connectivity index (χ0n) is 36.1. The van der Waals surface area contributed by atoms with Gasteiger partial charge in [-0.2, -0.15) is 0 Å². The van der Waals surface area contributed by atoms with Crippen molar-refractivity contribution in [2.45, 2.75) is 163 Å². The number of aliphatic hydroxyl groups excluding tert-OH is 1. The second-order valence-electron chi connectivity index (χ2n) is 23.2. The maximum atomic E-state index is 13.7. The number of carboxylic acid groups (broad SMARTS) is 1. The Hall–Kier alpha value is -1.23. The summed E-state index contributed by atoms with van der Waals surface area (Å²) in [5, 5.41) is 24.4. The van der Waals surface area contributed by atoms with Gasteiger partial charge in [-0.3, -0.25) is 14.5 Å². The number of rotatable bonds is 10. The molecule has 0 bridgehead atoms. The molecule has 10 heteroatoms. The molecule has 8 rings (SSSR count). The normalized spacial score (nSPS) is 47.5. The van der Waals surface area contributed by atoms with E-state index in [1.165, 1.54) is 64.2 Å². The van der Waals surface area contributed by atoms with Crippen LogP contribution in [0.25, 0.3) is 0 Å². The quantitative estimate of drug-likeness (QED) is 0.194. The smallest absolute Gasteiger partial charge is 0.309 e. The Kier molecular flexibility index (Phi) is 10.1. The maximum absolute atomic E-state index is 13.7. The Labute approximate surface area is 338 Å². The van der Waals surface area contributed by atoms with Gasteiger partial charge in [0.1, 0.15) is 6.10 Å². The number of carboxylic acids is 1. The van der Waals surface area contributed by atoms with E-state index in [9.17, 15) is 28.2 Å². The average Bonchev–Trinajstić information content (AvgIpc) is 3.74. The molecule has 7 saturated carbocycles. The van der Waals surface area contributed by atoms with Crippen LogP contribution < -0.4 is 5.32 Å². The molecular weight excluding hydrogens is 725 g/mol. The first-order chi connectivity index (χ1) is 26.1. The van der Waals surface area contributed by atoms with Gasteiger partial charge in [-0.05, 0) is 153 Å². The SMILES string of the molecule is CC1([C@@H]2CC[C@]3(NCCC(CO)N4CCS(=O)(=O)CC4)CC[C@]4(C)[C@H](CC[C@@H]5[C@@]6(C)CC[C@H](OC(=O)[C@H]7C[C@@H](C(=O)O)C7(C)C)C(C)(C)[C@@H]6CC[C@]54C)[C@@H]23)CC1. The molecule has 0 aromatic heterocycles. The number of aliphatic hydroxyl groups is 1. The summed E-state index contributed by atoms with van der Waals surface area (Å²) in [6.07, 6.45) is 15.8. The summed E-state index contributed by atoms with van der Waals surface area (Å²) in [5.74, 6) is 1.74. The fourth-order valence-electron chi connectivity index (χ4n) is 16.4. The second kappa shape index (κ2) is 13.6. The first-order valence-corrected chi connectivity index (χ1v) is 24.6. The number of hydrogen-bond acceptors (Lipinski definition) is 8. The molecule has 318 valence electrons. The third kappa shape index (κ3) is 6.14. The van der Waals surface area contributed by atoms with Crippen molar-refractivity contribution in [2.24, 2.45) is 73.9 Å². The summed E-state index contributed by atoms with van der Waals surface area (Å²) in [4.78, 5) is 27.7. The molecule has 0 spiro atoms. The molecule has 8 fully saturated rings. The molecular formula is C46H76N2O7S. The number of sulfone groups is 1. The van der Waals surface area contributed by atoms with Crippen LogP contribution in [0.15, 0.2) is 0 Å². The third-order valence-electron chi connectivity index (χ3n) is 20.5. The van der Waals surface area contributed by atoms with E-state index in [2.05, 4.69) is 51.8 Å². The number of nitrogens with one attached hydrogen (secondary N) is 1. The van der Waals surface area contributed by atoms with Gasteiger partial charge in [-0.1, -0.05) is 55.4 Å². The summed E-state index contributed by atoms with van der Waals surface area (Å²) >= 11 is 0. The monoisotopic (exact) mass is 801 g/mol. The molecule has 56 heavy (non-hydrogen) atoms. The number of fused-ring (bicyclic) bond motifs is 7. The summed E-state index contributed by atoms with van der Waals surface area (Å²) in [5.41, 5.74) is 0.534. The van der Waals surface area contributed by atoms with Crippen molar-refractivity contribution >= 4 is 21.8 Å². The van der Waals surface area contributed by atoms with E-state index in [1.807, 2.05) is 13.8 Å². The van der Waals surface area contributed by atoms with Gasteiger partial charge in [0.25, 0.3) is 0 Å². The van der Waals surface area contributed by atoms with Crippen molar-refractivity contribution in [2.75, 3.05) is 37.7 Å². The van der Waals surface area contributed by atoms with Crippen molar-refractivity contribution < 1.29 is 33.0 Å². The van der Waals surface area contributed by atoms with Crippen LogP contribution in [0.3, 0.4) is 0 Å². The molecule has 9 nitrogen and oxygen atoms in total. The van der Waals surface area contributed by atoms with Gasteiger partial charge >= 0.3 is 11.9 Å². The zero-order valence-corrected chi connectivity index (χ0v) is 36.9. The lowest BCUT2D eigenvalue weighted by atomic mass is 9.32. The van der Waals surface area contributed by atoms with E-state index >= 15 is 0 Å². The predicted octanol–water partition coefficient (Wildman–Crippen LogP) is 7.35. The molecule has 3 N–H and O–H groups in total. The van der Waals surface area contributed by atoms with Gasteiger partial charge in [0.2, 0.25) is 0 Å². The highest BCUT2D eigenvalue weighted by atomic mass is 32.2. The highest BCUT2D eigenvalue weighted by molar-refractivity contribution is 7.91. The lowest BCUT2D eigenvalue weighted by Gasteiger charge is -2.73. The van der Waals surface area contributed by atoms with Crippen LogP contribution in [0, 0.1) is 73.9 Å². The number of carbonyl (C=O) groups excluding carboxylic acids is 1. The third-order valence-corrected chi connectivity index (χ3v) is 22.1. The van der Waals surface area contributed by atoms with Crippen LogP contribution in [0.5, 0.6) is 0 Å². The van der Waals surface area contributed by atoms with Gasteiger partial charge < -0.3 is 20.3 Å². The minimum Gasteiger partial charge on any atom is -0.481 e. The van der Waals surface area contributed by atoms with Crippen LogP contribution >= 0.6 is 0 Å². The molecule has 1 heterocycles. The van der Waals surface area contributed by atoms with Gasteiger partial charge in [0.05, 0.1) is 29.9 Å². The first kappa shape index (κ1) is 41.5. The van der Waals surface area contributed by atoms with Crippen molar-refractivity contribution in [1.82, 2.24) is 10.2 Å². The summed E-state index contributed by atoms with van der Waals surface area (Å²) < 4.78 is 30.7. The van der Waals surface area contributed by atoms with E-state index in [0.717, 1.165) is 31.7 Å². The molecule has 0 amide bonds. The molecule has 0 radical (unpaired) electrons. The van der Waals surface area contributed by atoms with Crippen molar-refractivity contribution in [3.05, 3.63) is 0 Å². The zero-order chi connectivity index (χ0) is 40.5. The Morgan fingerprint density at radius 3 is 2.09 bits per heavy atom. The molecule has 8 aliphatic rings. The van der Waals surface area contributed by atoms with Crippen LogP contribution in [-0.4, -0.2) is 90.9 Å². The Bertz CT molecular complexity index is 1660. The standard InChI is InChI=1S/C46H76N2O7S/c1-40(2)32(38(50)51)27-33(40)39(52)55-36-13-15-43(6)34(41(36,3)4)12-16-45(8)35(43)10-9-31-37-30(42(5)18-19-42)11-17-46(37,21-20-44(31,45)7)47-22-14-29(28-49)48-23-25-56(53,54)26-24-48/h29-37,47,49H,9-28H2,1-8H3,(H,50,51)/t29?,30-,31-,32+,33-,34+,35-,36+,37-,43+,44-,45-,46+/m1/s1. The van der Waals surface area contributed by atoms with E-state index < -0.39 is 27.1 Å². The van der Waals surface area contributed by atoms with Gasteiger partial charge in [-0.15, -0.1) is 0 Å². The van der Waals surface area contributed by atoms with Gasteiger partial charge in [0.15, 0.2) is 9.84 Å². The molecule has 1 unspecified atom stereocenters. The Balaban J connectivity index is 0.993. The molecule has 0 aromatic rings. The van der Waals surface area contributed by atoms with Gasteiger partial charge in [0, 0.05) is 30.1 Å². The summed E-state index contributed by atoms with van der Waals surface area (Å²) in [6.45, 7) is 21.2. The molecule has 13 atom stereocenters. The van der Waals surface area contributed by atoms with Crippen LogP contribution in [-0.2, 0) is 24.2 Å². The lowest BCUT2D eigenvalue weighted by Crippen LogP contribution is -2.69. The van der Waals surface area contributed by atoms with Crippen molar-refractivity contribution in [1.29, 1.82) is 0 Å². The van der Waals surface area contributed by atoms with E-state index in [-0.39, 0.29) is 69.3 Å². The van der Waals surface area contributed by atoms with Crippen LogP contribution in [0.2, 0.25) is 0 Å². The highest BCUT2D eigenvalue weighted by Gasteiger charge is 2.72. The molecule has 1 aliphatic heterocycles. The number of aliphatic carboxylic acids is 1. The summed E-state index contributed by atoms with van der Waals surface area (Å²) in [7, 11) is -2.96. The van der Waals surface area contributed by atoms with Gasteiger partial charge in [-0.25, -0.2) is 8.42 Å². The fourth-order valence-corrected chi connectivity index (χ4v) is 17.6. The molecule has 0 aromatic carbocycles. The molecule has 1 saturated heterocycles. The predicted molar refractivity (Wildman–Crippen MR) is 218 cm³/mol. The van der Waals surface area contributed by atoms with E-state index in [1.54, 1.807) is 0 Å². The number of nitrogens with zero attached hydrogens (tertiary/aromatic N) is 1. The Morgan fingerprint density at radius 1 is 0.768 bits per heavy atom. The minimum atomic E-state index is -2.96. The minimum absolute atomic E-state index is 0.00217. The first-order valence-electron chi connectivity index (χ1n) is 22.8. The Morgan fingerprint density at radius 2 is 1.46 bits per heavy atom. The number of carbonyl (C=O) groups is 2. The topological polar surface area (TPSA) is 133 Å². The largest absolute Gasteiger partial charge is 0.481 e.